The molecule has 0 bridgehead atoms. The van der Waals surface area contributed by atoms with Crippen LogP contribution in [-0.4, -0.2) is 36.1 Å². The number of ether oxygens (including phenoxy) is 2. The molecule has 8 heteroatoms. The minimum Gasteiger partial charge on any atom is -0.497 e. The Balaban J connectivity index is 1.84. The van der Waals surface area contributed by atoms with Gasteiger partial charge in [0.1, 0.15) is 11.5 Å². The first-order valence-corrected chi connectivity index (χ1v) is 10.2. The summed E-state index contributed by atoms with van der Waals surface area (Å²) in [5.74, 6) is 0.729. The predicted molar refractivity (Wildman–Crippen MR) is 119 cm³/mol. The van der Waals surface area contributed by atoms with Gasteiger partial charge < -0.3 is 18.9 Å². The van der Waals surface area contributed by atoms with Gasteiger partial charge in [-0.15, -0.1) is 6.58 Å². The zero-order valence-corrected chi connectivity index (χ0v) is 18.4. The molecule has 2 aromatic carbocycles. The van der Waals surface area contributed by atoms with E-state index in [1.807, 2.05) is 10.6 Å². The standard InChI is InChI=1S/C25H25F3N2O3/c1-4-10-30(24(31)19-13-22(32-2)15-23(14-19)33-3)17-21-9-6-11-29(21)16-18-7-5-8-20(12-18)25(26,27)28/h4-9,11-15H,1,10,16-17H2,2-3H3. The van der Waals surface area contributed by atoms with E-state index in [1.54, 1.807) is 47.5 Å². The number of amides is 1. The van der Waals surface area contributed by atoms with Crippen LogP contribution in [-0.2, 0) is 19.3 Å². The number of hydrogen-bond donors (Lipinski definition) is 0. The lowest BCUT2D eigenvalue weighted by Gasteiger charge is -2.23. The maximum atomic E-state index is 13.3. The van der Waals surface area contributed by atoms with Gasteiger partial charge in [0.25, 0.3) is 5.91 Å². The molecular formula is C25H25F3N2O3. The summed E-state index contributed by atoms with van der Waals surface area (Å²) in [6.45, 7) is 4.52. The molecule has 0 aliphatic rings. The summed E-state index contributed by atoms with van der Waals surface area (Å²) < 4.78 is 51.5. The summed E-state index contributed by atoms with van der Waals surface area (Å²) in [5.41, 5.74) is 0.993. The highest BCUT2D eigenvalue weighted by molar-refractivity contribution is 5.95. The van der Waals surface area contributed by atoms with Gasteiger partial charge in [0.2, 0.25) is 0 Å². The lowest BCUT2D eigenvalue weighted by molar-refractivity contribution is -0.137. The quantitative estimate of drug-likeness (QED) is 0.403. The van der Waals surface area contributed by atoms with E-state index < -0.39 is 11.7 Å². The number of alkyl halides is 3. The highest BCUT2D eigenvalue weighted by Gasteiger charge is 2.30. The maximum Gasteiger partial charge on any atom is 0.416 e. The van der Waals surface area contributed by atoms with Crippen molar-refractivity contribution in [1.82, 2.24) is 9.47 Å². The van der Waals surface area contributed by atoms with E-state index in [9.17, 15) is 18.0 Å². The van der Waals surface area contributed by atoms with Crippen LogP contribution < -0.4 is 9.47 Å². The fourth-order valence-electron chi connectivity index (χ4n) is 3.47. The van der Waals surface area contributed by atoms with Crippen LogP contribution in [0.5, 0.6) is 11.5 Å². The van der Waals surface area contributed by atoms with E-state index in [-0.39, 0.29) is 25.5 Å². The first-order valence-electron chi connectivity index (χ1n) is 10.2. The third-order valence-corrected chi connectivity index (χ3v) is 5.12. The predicted octanol–water partition coefficient (Wildman–Crippen LogP) is 5.40. The molecule has 0 saturated carbocycles. The van der Waals surface area contributed by atoms with Crippen molar-refractivity contribution in [2.75, 3.05) is 20.8 Å². The van der Waals surface area contributed by atoms with Crippen molar-refractivity contribution in [2.24, 2.45) is 0 Å². The largest absolute Gasteiger partial charge is 0.497 e. The van der Waals surface area contributed by atoms with Crippen molar-refractivity contribution in [2.45, 2.75) is 19.3 Å². The smallest absolute Gasteiger partial charge is 0.416 e. The summed E-state index contributed by atoms with van der Waals surface area (Å²) in [7, 11) is 3.01. The van der Waals surface area contributed by atoms with Crippen LogP contribution in [0.15, 0.2) is 73.4 Å². The molecule has 0 atom stereocenters. The van der Waals surface area contributed by atoms with Gasteiger partial charge in [-0.2, -0.15) is 13.2 Å². The number of carbonyl (C=O) groups is 1. The number of nitrogens with zero attached hydrogens (tertiary/aromatic N) is 2. The Kier molecular flexibility index (Phi) is 7.48. The summed E-state index contributed by atoms with van der Waals surface area (Å²) in [4.78, 5) is 14.9. The number of rotatable bonds is 9. The summed E-state index contributed by atoms with van der Waals surface area (Å²) in [5, 5.41) is 0. The SMILES string of the molecule is C=CCN(Cc1cccn1Cc1cccc(C(F)(F)F)c1)C(=O)c1cc(OC)cc(OC)c1. The average molecular weight is 458 g/mol. The highest BCUT2D eigenvalue weighted by Crippen LogP contribution is 2.30. The van der Waals surface area contributed by atoms with Crippen LogP contribution in [0.4, 0.5) is 13.2 Å². The number of benzene rings is 2. The summed E-state index contributed by atoms with van der Waals surface area (Å²) in [6.07, 6.45) is -1.00. The Morgan fingerprint density at radius 3 is 2.36 bits per heavy atom. The van der Waals surface area contributed by atoms with E-state index in [4.69, 9.17) is 9.47 Å². The molecule has 0 saturated heterocycles. The van der Waals surface area contributed by atoms with Gasteiger partial charge in [-0.25, -0.2) is 0 Å². The van der Waals surface area contributed by atoms with Gasteiger partial charge >= 0.3 is 6.18 Å². The van der Waals surface area contributed by atoms with Crippen LogP contribution >= 0.6 is 0 Å². The molecule has 3 aromatic rings. The molecule has 5 nitrogen and oxygen atoms in total. The molecular weight excluding hydrogens is 433 g/mol. The summed E-state index contributed by atoms with van der Waals surface area (Å²) in [6, 6.07) is 13.8. The molecule has 3 rings (SSSR count). The molecule has 0 radical (unpaired) electrons. The van der Waals surface area contributed by atoms with E-state index >= 15 is 0 Å². The normalized spacial score (nSPS) is 11.2. The third-order valence-electron chi connectivity index (χ3n) is 5.12. The minimum absolute atomic E-state index is 0.245. The van der Waals surface area contributed by atoms with Gasteiger partial charge in [-0.1, -0.05) is 18.2 Å². The van der Waals surface area contributed by atoms with Crippen molar-refractivity contribution in [1.29, 1.82) is 0 Å². The van der Waals surface area contributed by atoms with Gasteiger partial charge in [0, 0.05) is 36.6 Å². The highest BCUT2D eigenvalue weighted by atomic mass is 19.4. The number of halogens is 3. The number of hydrogen-bond acceptors (Lipinski definition) is 3. The van der Waals surface area contributed by atoms with E-state index in [0.717, 1.165) is 17.8 Å². The monoisotopic (exact) mass is 458 g/mol. The van der Waals surface area contributed by atoms with Gasteiger partial charge in [-0.05, 0) is 42.0 Å². The lowest BCUT2D eigenvalue weighted by Crippen LogP contribution is -2.31. The molecule has 1 heterocycles. The molecule has 0 N–H and O–H groups in total. The Morgan fingerprint density at radius 1 is 1.06 bits per heavy atom. The van der Waals surface area contributed by atoms with Crippen molar-refractivity contribution in [3.63, 3.8) is 0 Å². The zero-order chi connectivity index (χ0) is 24.0. The fourth-order valence-corrected chi connectivity index (χ4v) is 3.47. The topological polar surface area (TPSA) is 43.7 Å². The maximum absolute atomic E-state index is 13.3. The van der Waals surface area contributed by atoms with Crippen molar-refractivity contribution in [3.8, 4) is 11.5 Å². The Hall–Kier alpha value is -3.68. The van der Waals surface area contributed by atoms with Crippen LogP contribution in [0.25, 0.3) is 0 Å². The van der Waals surface area contributed by atoms with E-state index in [1.165, 1.54) is 20.3 Å². The summed E-state index contributed by atoms with van der Waals surface area (Å²) >= 11 is 0. The van der Waals surface area contributed by atoms with Crippen LogP contribution in [0.1, 0.15) is 27.2 Å². The van der Waals surface area contributed by atoms with Crippen molar-refractivity contribution in [3.05, 3.63) is 95.8 Å². The molecule has 33 heavy (non-hydrogen) atoms. The average Bonchev–Trinajstić information content (AvgIpc) is 3.23. The molecule has 0 aliphatic heterocycles. The van der Waals surface area contributed by atoms with E-state index in [2.05, 4.69) is 6.58 Å². The molecule has 0 aliphatic carbocycles. The second kappa shape index (κ2) is 10.3. The second-order valence-corrected chi connectivity index (χ2v) is 7.40. The Morgan fingerprint density at radius 2 is 1.76 bits per heavy atom. The van der Waals surface area contributed by atoms with Gasteiger partial charge in [0.15, 0.2) is 0 Å². The third kappa shape index (κ3) is 5.97. The first kappa shape index (κ1) is 24.0. The number of carbonyl (C=O) groups excluding carboxylic acids is 1. The zero-order valence-electron chi connectivity index (χ0n) is 18.4. The second-order valence-electron chi connectivity index (χ2n) is 7.40. The minimum atomic E-state index is -4.40. The lowest BCUT2D eigenvalue weighted by atomic mass is 10.1. The van der Waals surface area contributed by atoms with Gasteiger partial charge in [0.05, 0.1) is 26.3 Å². The number of aromatic nitrogens is 1. The van der Waals surface area contributed by atoms with Crippen LogP contribution in [0.2, 0.25) is 0 Å². The van der Waals surface area contributed by atoms with Crippen LogP contribution in [0, 0.1) is 0 Å². The molecule has 0 fully saturated rings. The fraction of sp³-hybridized carbons (Fsp3) is 0.240. The molecule has 1 aromatic heterocycles. The van der Waals surface area contributed by atoms with Gasteiger partial charge in [-0.3, -0.25) is 4.79 Å². The molecule has 0 spiro atoms. The van der Waals surface area contributed by atoms with Crippen LogP contribution in [0.3, 0.4) is 0 Å². The van der Waals surface area contributed by atoms with Crippen molar-refractivity contribution >= 4 is 5.91 Å². The first-order chi connectivity index (χ1) is 15.7. The Labute approximate surface area is 190 Å². The molecule has 1 amide bonds. The molecule has 174 valence electrons. The molecule has 0 unspecified atom stereocenters. The Bertz CT molecular complexity index is 1100. The van der Waals surface area contributed by atoms with E-state index in [0.29, 0.717) is 22.6 Å². The number of methoxy groups -OCH3 is 2. The van der Waals surface area contributed by atoms with Crippen molar-refractivity contribution < 1.29 is 27.4 Å².